The number of hydrogen-bond acceptors (Lipinski definition) is 3. The van der Waals surface area contributed by atoms with Crippen LogP contribution in [0.2, 0.25) is 0 Å². The second-order valence-electron chi connectivity index (χ2n) is 7.03. The summed E-state index contributed by atoms with van der Waals surface area (Å²) in [6.45, 7) is 7.23. The average Bonchev–Trinajstić information content (AvgIpc) is 3.07. The molecule has 0 amide bonds. The summed E-state index contributed by atoms with van der Waals surface area (Å²) in [5.41, 5.74) is 1.01. The normalized spacial score (nSPS) is 18.1. The van der Waals surface area contributed by atoms with Gasteiger partial charge in [0.15, 0.2) is 5.96 Å². The van der Waals surface area contributed by atoms with Crippen LogP contribution in [0.25, 0.3) is 0 Å². The van der Waals surface area contributed by atoms with Crippen molar-refractivity contribution in [2.75, 3.05) is 39.8 Å². The van der Waals surface area contributed by atoms with E-state index in [2.05, 4.69) is 33.7 Å². The van der Waals surface area contributed by atoms with E-state index in [9.17, 15) is 8.78 Å². The summed E-state index contributed by atoms with van der Waals surface area (Å²) in [4.78, 5) is 9.40. The van der Waals surface area contributed by atoms with Crippen LogP contribution >= 0.6 is 0 Å². The summed E-state index contributed by atoms with van der Waals surface area (Å²) in [5.74, 6) is 1.67. The number of nitrogens with one attached hydrogen (secondary N) is 1. The van der Waals surface area contributed by atoms with Gasteiger partial charge in [-0.15, -0.1) is 0 Å². The Labute approximate surface area is 161 Å². The third-order valence-corrected chi connectivity index (χ3v) is 4.67. The Bertz CT molecular complexity index is 580. The van der Waals surface area contributed by atoms with Crippen LogP contribution in [0.3, 0.4) is 0 Å². The van der Waals surface area contributed by atoms with Crippen molar-refractivity contribution in [1.82, 2.24) is 15.1 Å². The summed E-state index contributed by atoms with van der Waals surface area (Å²) >= 11 is 0. The number of alkyl halides is 2. The second-order valence-corrected chi connectivity index (χ2v) is 7.03. The smallest absolute Gasteiger partial charge is 0.387 e. The molecule has 0 bridgehead atoms. The summed E-state index contributed by atoms with van der Waals surface area (Å²) < 4.78 is 28.9. The second kappa shape index (κ2) is 11.1. The zero-order valence-corrected chi connectivity index (χ0v) is 16.6. The van der Waals surface area contributed by atoms with Crippen molar-refractivity contribution >= 4 is 5.96 Å². The summed E-state index contributed by atoms with van der Waals surface area (Å²) in [7, 11) is 1.99. The first kappa shape index (κ1) is 21.4. The number of likely N-dealkylation sites (tertiary alicyclic amines) is 1. The molecule has 1 saturated heterocycles. The molecule has 0 aliphatic carbocycles. The third-order valence-electron chi connectivity index (χ3n) is 4.67. The molecule has 0 radical (unpaired) electrons. The largest absolute Gasteiger partial charge is 0.435 e. The van der Waals surface area contributed by atoms with Crippen molar-refractivity contribution in [3.8, 4) is 5.75 Å². The maximum atomic E-state index is 12.2. The highest BCUT2D eigenvalue weighted by atomic mass is 19.3. The lowest BCUT2D eigenvalue weighted by Crippen LogP contribution is -2.39. The van der Waals surface area contributed by atoms with Crippen molar-refractivity contribution in [3.63, 3.8) is 0 Å². The van der Waals surface area contributed by atoms with Crippen LogP contribution in [0, 0.1) is 5.92 Å². The molecule has 0 saturated carbocycles. The summed E-state index contributed by atoms with van der Waals surface area (Å²) in [6.07, 6.45) is 2.40. The molecule has 5 nitrogen and oxygen atoms in total. The van der Waals surface area contributed by atoms with E-state index < -0.39 is 6.61 Å². The fraction of sp³-hybridized carbons (Fsp3) is 0.650. The lowest BCUT2D eigenvalue weighted by atomic mass is 10.1. The Hall–Kier alpha value is -1.89. The minimum atomic E-state index is -2.80. The van der Waals surface area contributed by atoms with Gasteiger partial charge in [0.2, 0.25) is 0 Å². The fourth-order valence-corrected chi connectivity index (χ4v) is 3.39. The van der Waals surface area contributed by atoms with Crippen molar-refractivity contribution in [3.05, 3.63) is 29.8 Å². The van der Waals surface area contributed by atoms with E-state index in [0.717, 1.165) is 31.2 Å². The molecule has 1 atom stereocenters. The number of ether oxygens (including phenoxy) is 1. The van der Waals surface area contributed by atoms with Crippen LogP contribution in [0.5, 0.6) is 5.75 Å². The molecule has 1 aliphatic rings. The zero-order valence-electron chi connectivity index (χ0n) is 16.6. The molecule has 1 aromatic carbocycles. The minimum Gasteiger partial charge on any atom is -0.435 e. The van der Waals surface area contributed by atoms with E-state index >= 15 is 0 Å². The number of nitrogens with zero attached hydrogens (tertiary/aromatic N) is 3. The van der Waals surface area contributed by atoms with Gasteiger partial charge >= 0.3 is 6.61 Å². The molecule has 0 aromatic heterocycles. The molecule has 1 unspecified atom stereocenters. The van der Waals surface area contributed by atoms with Gasteiger partial charge in [0.1, 0.15) is 5.75 Å². The van der Waals surface area contributed by atoms with Gasteiger partial charge in [-0.1, -0.05) is 19.1 Å². The maximum Gasteiger partial charge on any atom is 0.387 e. The van der Waals surface area contributed by atoms with Crippen molar-refractivity contribution in [2.45, 2.75) is 39.8 Å². The Morgan fingerprint density at radius 2 is 2.07 bits per heavy atom. The first-order chi connectivity index (χ1) is 13.0. The highest BCUT2D eigenvalue weighted by molar-refractivity contribution is 5.79. The Morgan fingerprint density at radius 3 is 2.70 bits per heavy atom. The van der Waals surface area contributed by atoms with Gasteiger partial charge in [0, 0.05) is 33.2 Å². The number of benzene rings is 1. The number of halogens is 2. The predicted octanol–water partition coefficient (Wildman–Crippen LogP) is 3.42. The Balaban J connectivity index is 1.90. The zero-order chi connectivity index (χ0) is 19.6. The third kappa shape index (κ3) is 7.33. The van der Waals surface area contributed by atoms with Gasteiger partial charge in [-0.2, -0.15) is 8.78 Å². The predicted molar refractivity (Wildman–Crippen MR) is 105 cm³/mol. The van der Waals surface area contributed by atoms with E-state index in [1.54, 1.807) is 24.3 Å². The van der Waals surface area contributed by atoms with Crippen LogP contribution in [0.4, 0.5) is 8.78 Å². The molecule has 1 aliphatic heterocycles. The summed E-state index contributed by atoms with van der Waals surface area (Å²) in [6, 6.07) is 6.75. The first-order valence-corrected chi connectivity index (χ1v) is 9.77. The van der Waals surface area contributed by atoms with Gasteiger partial charge < -0.3 is 19.9 Å². The molecule has 27 heavy (non-hydrogen) atoms. The average molecular weight is 382 g/mol. The fourth-order valence-electron chi connectivity index (χ4n) is 3.39. The molecule has 7 heteroatoms. The molecule has 1 fully saturated rings. The van der Waals surface area contributed by atoms with Gasteiger partial charge in [-0.3, -0.25) is 4.99 Å². The highest BCUT2D eigenvalue weighted by Gasteiger charge is 2.21. The Kier molecular flexibility index (Phi) is 8.78. The van der Waals surface area contributed by atoms with Gasteiger partial charge in [-0.25, -0.2) is 0 Å². The van der Waals surface area contributed by atoms with Gasteiger partial charge in [0.25, 0.3) is 0 Å². The first-order valence-electron chi connectivity index (χ1n) is 9.77. The molecule has 2 rings (SSSR count). The monoisotopic (exact) mass is 382 g/mol. The van der Waals surface area contributed by atoms with E-state index in [4.69, 9.17) is 4.99 Å². The van der Waals surface area contributed by atoms with Gasteiger partial charge in [-0.05, 0) is 56.5 Å². The topological polar surface area (TPSA) is 40.1 Å². The molecule has 0 spiro atoms. The van der Waals surface area contributed by atoms with Crippen molar-refractivity contribution < 1.29 is 13.5 Å². The number of guanidine groups is 1. The molecular formula is C20H32F2N4O. The van der Waals surface area contributed by atoms with Gasteiger partial charge in [0.05, 0.1) is 0 Å². The van der Waals surface area contributed by atoms with Crippen LogP contribution in [-0.4, -0.2) is 62.1 Å². The minimum absolute atomic E-state index is 0.176. The quantitative estimate of drug-likeness (QED) is 0.525. The van der Waals surface area contributed by atoms with Crippen LogP contribution < -0.4 is 10.1 Å². The van der Waals surface area contributed by atoms with E-state index in [0.29, 0.717) is 12.5 Å². The molecule has 152 valence electrons. The van der Waals surface area contributed by atoms with E-state index in [1.807, 2.05) is 7.05 Å². The SMILES string of the molecule is CCCN1CCC(CN=C(NCC)N(C)Cc2ccc(OC(F)F)cc2)C1. The van der Waals surface area contributed by atoms with Crippen molar-refractivity contribution in [2.24, 2.45) is 10.9 Å². The van der Waals surface area contributed by atoms with Crippen LogP contribution in [-0.2, 0) is 6.54 Å². The highest BCUT2D eigenvalue weighted by Crippen LogP contribution is 2.18. The molecule has 1 heterocycles. The number of aliphatic imine (C=N–C) groups is 1. The van der Waals surface area contributed by atoms with E-state index in [-0.39, 0.29) is 5.75 Å². The number of rotatable bonds is 9. The van der Waals surface area contributed by atoms with E-state index in [1.165, 1.54) is 25.9 Å². The Morgan fingerprint density at radius 1 is 1.33 bits per heavy atom. The number of hydrogen-bond donors (Lipinski definition) is 1. The molecule has 1 N–H and O–H groups in total. The lowest BCUT2D eigenvalue weighted by Gasteiger charge is -2.23. The van der Waals surface area contributed by atoms with Crippen LogP contribution in [0.15, 0.2) is 29.3 Å². The summed E-state index contributed by atoms with van der Waals surface area (Å²) in [5, 5.41) is 3.34. The van der Waals surface area contributed by atoms with Crippen LogP contribution in [0.1, 0.15) is 32.3 Å². The van der Waals surface area contributed by atoms with Crippen molar-refractivity contribution in [1.29, 1.82) is 0 Å². The lowest BCUT2D eigenvalue weighted by molar-refractivity contribution is -0.0498. The maximum absolute atomic E-state index is 12.2. The standard InChI is InChI=1S/C20H32F2N4O/c1-4-11-26-12-10-17(15-26)13-24-20(23-5-2)25(3)14-16-6-8-18(9-7-16)27-19(21)22/h6-9,17,19H,4-5,10-15H2,1-3H3,(H,23,24). The molecular weight excluding hydrogens is 350 g/mol. The molecule has 1 aromatic rings.